The summed E-state index contributed by atoms with van der Waals surface area (Å²) < 4.78 is 11.4. The van der Waals surface area contributed by atoms with Crippen LogP contribution in [0.4, 0.5) is 0 Å². The van der Waals surface area contributed by atoms with E-state index in [1.807, 2.05) is 13.0 Å². The van der Waals surface area contributed by atoms with Crippen LogP contribution in [0.2, 0.25) is 0 Å². The molecule has 2 heterocycles. The van der Waals surface area contributed by atoms with Gasteiger partial charge in [-0.1, -0.05) is 24.3 Å². The fourth-order valence-electron chi connectivity index (χ4n) is 3.01. The number of hydrogen-bond acceptors (Lipinski definition) is 3. The van der Waals surface area contributed by atoms with Gasteiger partial charge in [-0.3, -0.25) is 0 Å². The molecule has 0 spiro atoms. The second kappa shape index (κ2) is 4.65. The van der Waals surface area contributed by atoms with Gasteiger partial charge in [-0.05, 0) is 24.5 Å². The minimum atomic E-state index is -0.741. The first-order valence-corrected chi connectivity index (χ1v) is 6.72. The lowest BCUT2D eigenvalue weighted by Crippen LogP contribution is -2.39. The van der Waals surface area contributed by atoms with E-state index in [1.54, 1.807) is 0 Å². The SMILES string of the molecule is CC1OCCC1(O)CC1OCCc2ccccc21. The quantitative estimate of drug-likeness (QED) is 0.872. The molecule has 1 aromatic rings. The summed E-state index contributed by atoms with van der Waals surface area (Å²) in [6.45, 7) is 3.33. The molecule has 1 fully saturated rings. The Hall–Kier alpha value is -0.900. The molecule has 3 heteroatoms. The van der Waals surface area contributed by atoms with E-state index >= 15 is 0 Å². The summed E-state index contributed by atoms with van der Waals surface area (Å²) in [6, 6.07) is 8.38. The molecule has 1 aromatic carbocycles. The van der Waals surface area contributed by atoms with Crippen molar-refractivity contribution in [3.63, 3.8) is 0 Å². The highest BCUT2D eigenvalue weighted by atomic mass is 16.5. The van der Waals surface area contributed by atoms with Crippen molar-refractivity contribution in [3.05, 3.63) is 35.4 Å². The largest absolute Gasteiger partial charge is 0.387 e. The minimum Gasteiger partial charge on any atom is -0.387 e. The number of benzene rings is 1. The standard InChI is InChI=1S/C15H20O3/c1-11-15(16,7-9-17-11)10-14-13-5-3-2-4-12(13)6-8-18-14/h2-5,11,14,16H,6-10H2,1H3. The van der Waals surface area contributed by atoms with Gasteiger partial charge in [0.1, 0.15) is 0 Å². The Morgan fingerprint density at radius 2 is 2.11 bits per heavy atom. The molecule has 0 radical (unpaired) electrons. The van der Waals surface area contributed by atoms with Crippen molar-refractivity contribution in [1.29, 1.82) is 0 Å². The van der Waals surface area contributed by atoms with Gasteiger partial charge in [-0.15, -0.1) is 0 Å². The third kappa shape index (κ3) is 2.07. The van der Waals surface area contributed by atoms with E-state index in [0.717, 1.165) is 13.0 Å². The zero-order valence-corrected chi connectivity index (χ0v) is 10.8. The van der Waals surface area contributed by atoms with Crippen LogP contribution in [0.25, 0.3) is 0 Å². The van der Waals surface area contributed by atoms with Gasteiger partial charge in [0.05, 0.1) is 24.4 Å². The van der Waals surface area contributed by atoms with Gasteiger partial charge in [-0.25, -0.2) is 0 Å². The number of ether oxygens (including phenoxy) is 2. The van der Waals surface area contributed by atoms with Gasteiger partial charge >= 0.3 is 0 Å². The van der Waals surface area contributed by atoms with E-state index in [-0.39, 0.29) is 12.2 Å². The van der Waals surface area contributed by atoms with E-state index in [4.69, 9.17) is 9.47 Å². The molecule has 1 N–H and O–H groups in total. The minimum absolute atomic E-state index is 0.00380. The Morgan fingerprint density at radius 1 is 1.28 bits per heavy atom. The zero-order valence-electron chi connectivity index (χ0n) is 10.8. The second-order valence-electron chi connectivity index (χ2n) is 5.38. The molecule has 0 saturated carbocycles. The van der Waals surface area contributed by atoms with Gasteiger partial charge in [0.25, 0.3) is 0 Å². The molecule has 3 unspecified atom stereocenters. The topological polar surface area (TPSA) is 38.7 Å². The highest BCUT2D eigenvalue weighted by Gasteiger charge is 2.42. The zero-order chi connectivity index (χ0) is 12.6. The summed E-state index contributed by atoms with van der Waals surface area (Å²) in [6.07, 6.45) is 2.21. The Kier molecular flexibility index (Phi) is 3.14. The first-order valence-electron chi connectivity index (χ1n) is 6.72. The van der Waals surface area contributed by atoms with Crippen molar-refractivity contribution in [2.24, 2.45) is 0 Å². The van der Waals surface area contributed by atoms with Crippen LogP contribution in [0.1, 0.15) is 37.0 Å². The molecule has 2 aliphatic heterocycles. The summed E-state index contributed by atoms with van der Waals surface area (Å²) in [4.78, 5) is 0. The highest BCUT2D eigenvalue weighted by Crippen LogP contribution is 2.38. The number of hydrogen-bond donors (Lipinski definition) is 1. The lowest BCUT2D eigenvalue weighted by atomic mass is 9.85. The van der Waals surface area contributed by atoms with Gasteiger partial charge in [-0.2, -0.15) is 0 Å². The first kappa shape index (κ1) is 12.2. The van der Waals surface area contributed by atoms with Gasteiger partial charge < -0.3 is 14.6 Å². The van der Waals surface area contributed by atoms with Crippen molar-refractivity contribution >= 4 is 0 Å². The molecule has 0 aliphatic carbocycles. The molecule has 1 saturated heterocycles. The Morgan fingerprint density at radius 3 is 2.89 bits per heavy atom. The number of fused-ring (bicyclic) bond motifs is 1. The fraction of sp³-hybridized carbons (Fsp3) is 0.600. The lowest BCUT2D eigenvalue weighted by Gasteiger charge is -2.33. The van der Waals surface area contributed by atoms with E-state index in [9.17, 15) is 5.11 Å². The van der Waals surface area contributed by atoms with Crippen LogP contribution in [-0.2, 0) is 15.9 Å². The molecule has 3 atom stereocenters. The smallest absolute Gasteiger partial charge is 0.0955 e. The molecular weight excluding hydrogens is 228 g/mol. The van der Waals surface area contributed by atoms with Gasteiger partial charge in [0.15, 0.2) is 0 Å². The maximum atomic E-state index is 10.6. The van der Waals surface area contributed by atoms with Crippen molar-refractivity contribution in [1.82, 2.24) is 0 Å². The maximum absolute atomic E-state index is 10.6. The van der Waals surface area contributed by atoms with E-state index < -0.39 is 5.60 Å². The molecule has 3 nitrogen and oxygen atoms in total. The highest BCUT2D eigenvalue weighted by molar-refractivity contribution is 5.31. The Bertz CT molecular complexity index is 432. The van der Waals surface area contributed by atoms with Crippen molar-refractivity contribution in [2.45, 2.75) is 44.0 Å². The molecular formula is C15H20O3. The van der Waals surface area contributed by atoms with E-state index in [1.165, 1.54) is 11.1 Å². The van der Waals surface area contributed by atoms with Crippen LogP contribution >= 0.6 is 0 Å². The van der Waals surface area contributed by atoms with Crippen molar-refractivity contribution < 1.29 is 14.6 Å². The van der Waals surface area contributed by atoms with Crippen LogP contribution in [0.3, 0.4) is 0 Å². The van der Waals surface area contributed by atoms with Crippen LogP contribution in [0.5, 0.6) is 0 Å². The summed E-state index contributed by atoms with van der Waals surface area (Å²) >= 11 is 0. The molecule has 3 rings (SSSR count). The van der Waals surface area contributed by atoms with Crippen LogP contribution in [0.15, 0.2) is 24.3 Å². The predicted molar refractivity (Wildman–Crippen MR) is 68.4 cm³/mol. The summed E-state index contributed by atoms with van der Waals surface area (Å²) in [5.74, 6) is 0. The molecule has 0 bridgehead atoms. The number of rotatable bonds is 2. The monoisotopic (exact) mass is 248 g/mol. The summed E-state index contributed by atoms with van der Waals surface area (Å²) in [5.41, 5.74) is 1.84. The van der Waals surface area contributed by atoms with Crippen LogP contribution < -0.4 is 0 Å². The molecule has 2 aliphatic rings. The average molecular weight is 248 g/mol. The fourth-order valence-corrected chi connectivity index (χ4v) is 3.01. The van der Waals surface area contributed by atoms with E-state index in [0.29, 0.717) is 19.4 Å². The Labute approximate surface area is 108 Å². The molecule has 98 valence electrons. The summed E-state index contributed by atoms with van der Waals surface area (Å²) in [7, 11) is 0. The number of aliphatic hydroxyl groups is 1. The molecule has 0 amide bonds. The van der Waals surface area contributed by atoms with Crippen LogP contribution in [0, 0.1) is 0 Å². The maximum Gasteiger partial charge on any atom is 0.0955 e. The normalized spacial score (nSPS) is 35.4. The first-order chi connectivity index (χ1) is 8.69. The lowest BCUT2D eigenvalue weighted by molar-refractivity contribution is -0.0771. The van der Waals surface area contributed by atoms with Gasteiger partial charge in [0.2, 0.25) is 0 Å². The van der Waals surface area contributed by atoms with E-state index in [2.05, 4.69) is 18.2 Å². The predicted octanol–water partition coefficient (Wildman–Crippen LogP) is 2.23. The van der Waals surface area contributed by atoms with Crippen molar-refractivity contribution in [3.8, 4) is 0 Å². The second-order valence-corrected chi connectivity index (χ2v) is 5.38. The summed E-state index contributed by atoms with van der Waals surface area (Å²) in [5, 5.41) is 10.6. The van der Waals surface area contributed by atoms with Crippen LogP contribution in [-0.4, -0.2) is 30.0 Å². The Balaban J connectivity index is 1.82. The average Bonchev–Trinajstić information content (AvgIpc) is 2.70. The van der Waals surface area contributed by atoms with Gasteiger partial charge in [0, 0.05) is 19.4 Å². The molecule has 0 aromatic heterocycles. The third-order valence-electron chi connectivity index (χ3n) is 4.29. The third-order valence-corrected chi connectivity index (χ3v) is 4.29. The van der Waals surface area contributed by atoms with Crippen molar-refractivity contribution in [2.75, 3.05) is 13.2 Å². The molecule has 18 heavy (non-hydrogen) atoms.